The number of rotatable bonds is 3. The Bertz CT molecular complexity index is 640. The van der Waals surface area contributed by atoms with E-state index < -0.39 is 5.60 Å². The first-order valence-corrected chi connectivity index (χ1v) is 8.29. The predicted octanol–water partition coefficient (Wildman–Crippen LogP) is 3.62. The number of nitrogen functional groups attached to an aromatic ring is 1. The van der Waals surface area contributed by atoms with Crippen LogP contribution in [0.2, 0.25) is 0 Å². The smallest absolute Gasteiger partial charge is 0.183 e. The van der Waals surface area contributed by atoms with E-state index in [4.69, 9.17) is 5.73 Å². The monoisotopic (exact) mass is 305 g/mol. The minimum absolute atomic E-state index is 0.361. The van der Waals surface area contributed by atoms with E-state index in [1.165, 1.54) is 0 Å². The molecule has 21 heavy (non-hydrogen) atoms. The molecule has 0 unspecified atom stereocenters. The Labute approximate surface area is 129 Å². The summed E-state index contributed by atoms with van der Waals surface area (Å²) in [4.78, 5) is 4.54. The van der Waals surface area contributed by atoms with Crippen LogP contribution < -0.4 is 11.1 Å². The van der Waals surface area contributed by atoms with Gasteiger partial charge in [-0.2, -0.15) is 0 Å². The molecule has 0 radical (unpaired) electrons. The molecule has 3 rings (SSSR count). The van der Waals surface area contributed by atoms with Crippen molar-refractivity contribution >= 4 is 32.4 Å². The summed E-state index contributed by atoms with van der Waals surface area (Å²) in [6.45, 7) is 5.12. The van der Waals surface area contributed by atoms with Crippen LogP contribution in [0.3, 0.4) is 0 Å². The van der Waals surface area contributed by atoms with Gasteiger partial charge >= 0.3 is 0 Å². The lowest BCUT2D eigenvalue weighted by Crippen LogP contribution is -2.42. The molecule has 0 bridgehead atoms. The van der Waals surface area contributed by atoms with E-state index in [9.17, 15) is 5.11 Å². The van der Waals surface area contributed by atoms with Gasteiger partial charge in [-0.3, -0.25) is 0 Å². The van der Waals surface area contributed by atoms with Crippen LogP contribution in [-0.2, 0) is 0 Å². The van der Waals surface area contributed by atoms with Gasteiger partial charge in [0.15, 0.2) is 5.13 Å². The van der Waals surface area contributed by atoms with Crippen LogP contribution in [0, 0.1) is 5.41 Å². The summed E-state index contributed by atoms with van der Waals surface area (Å²) in [6, 6.07) is 5.74. The molecule has 5 heteroatoms. The Hall–Kier alpha value is -1.33. The molecule has 1 aromatic heterocycles. The van der Waals surface area contributed by atoms with Gasteiger partial charge in [0, 0.05) is 12.2 Å². The van der Waals surface area contributed by atoms with E-state index in [2.05, 4.69) is 24.1 Å². The lowest BCUT2D eigenvalue weighted by Gasteiger charge is -2.40. The van der Waals surface area contributed by atoms with Crippen molar-refractivity contribution in [2.24, 2.45) is 5.41 Å². The number of aromatic nitrogens is 1. The maximum absolute atomic E-state index is 10.7. The highest BCUT2D eigenvalue weighted by Gasteiger charge is 2.36. The van der Waals surface area contributed by atoms with Crippen LogP contribution in [0.15, 0.2) is 18.2 Å². The van der Waals surface area contributed by atoms with Crippen molar-refractivity contribution in [2.75, 3.05) is 17.6 Å². The van der Waals surface area contributed by atoms with Crippen molar-refractivity contribution < 1.29 is 5.11 Å². The summed E-state index contributed by atoms with van der Waals surface area (Å²) in [7, 11) is 0. The number of aliphatic hydroxyl groups is 1. The number of fused-ring (bicyclic) bond motifs is 1. The van der Waals surface area contributed by atoms with E-state index in [0.29, 0.717) is 12.0 Å². The van der Waals surface area contributed by atoms with Crippen molar-refractivity contribution in [2.45, 2.75) is 45.1 Å². The number of nitrogens with two attached hydrogens (primary N) is 1. The fourth-order valence-electron chi connectivity index (χ4n) is 2.83. The number of anilines is 2. The Morgan fingerprint density at radius 1 is 1.29 bits per heavy atom. The van der Waals surface area contributed by atoms with Crippen LogP contribution in [0.25, 0.3) is 10.2 Å². The highest BCUT2D eigenvalue weighted by Crippen LogP contribution is 2.40. The quantitative estimate of drug-likeness (QED) is 0.757. The van der Waals surface area contributed by atoms with E-state index in [-0.39, 0.29) is 0 Å². The Morgan fingerprint density at radius 3 is 2.71 bits per heavy atom. The van der Waals surface area contributed by atoms with Gasteiger partial charge < -0.3 is 16.2 Å². The first kappa shape index (κ1) is 14.6. The van der Waals surface area contributed by atoms with Gasteiger partial charge in [0.2, 0.25) is 0 Å². The van der Waals surface area contributed by atoms with Crippen LogP contribution in [0.4, 0.5) is 10.8 Å². The second kappa shape index (κ2) is 5.14. The molecular weight excluding hydrogens is 282 g/mol. The second-order valence-electron chi connectivity index (χ2n) is 6.99. The van der Waals surface area contributed by atoms with Crippen molar-refractivity contribution in [3.05, 3.63) is 18.2 Å². The molecule has 0 amide bonds. The zero-order valence-electron chi connectivity index (χ0n) is 12.6. The molecule has 0 aliphatic heterocycles. The first-order valence-electron chi connectivity index (χ1n) is 7.48. The Balaban J connectivity index is 1.66. The number of hydrogen-bond donors (Lipinski definition) is 3. The van der Waals surface area contributed by atoms with Crippen molar-refractivity contribution in [1.82, 2.24) is 4.98 Å². The summed E-state index contributed by atoms with van der Waals surface area (Å²) in [5.74, 6) is 0. The number of benzene rings is 1. The summed E-state index contributed by atoms with van der Waals surface area (Å²) in [5.41, 5.74) is 7.25. The molecule has 4 nitrogen and oxygen atoms in total. The van der Waals surface area contributed by atoms with E-state index in [1.54, 1.807) is 11.3 Å². The number of nitrogens with one attached hydrogen (secondary N) is 1. The summed E-state index contributed by atoms with van der Waals surface area (Å²) >= 11 is 1.59. The molecule has 1 heterocycles. The average Bonchev–Trinajstić information content (AvgIpc) is 2.83. The highest BCUT2D eigenvalue weighted by atomic mass is 32.1. The predicted molar refractivity (Wildman–Crippen MR) is 89.7 cm³/mol. The third-order valence-corrected chi connectivity index (χ3v) is 5.49. The molecule has 1 aliphatic rings. The average molecular weight is 305 g/mol. The van der Waals surface area contributed by atoms with Gasteiger partial charge in [0.05, 0.1) is 15.8 Å². The Morgan fingerprint density at radius 2 is 2.00 bits per heavy atom. The number of hydrogen-bond acceptors (Lipinski definition) is 5. The number of nitrogens with zero attached hydrogens (tertiary/aromatic N) is 1. The SMILES string of the molecule is CC1(C)CCC(O)(CNc2nc3ccc(N)cc3s2)CC1. The number of thiazole rings is 1. The van der Waals surface area contributed by atoms with Gasteiger partial charge in [0.1, 0.15) is 0 Å². The van der Waals surface area contributed by atoms with E-state index in [1.807, 2.05) is 18.2 Å². The largest absolute Gasteiger partial charge is 0.399 e. The van der Waals surface area contributed by atoms with Gasteiger partial charge in [-0.15, -0.1) is 0 Å². The zero-order chi connectivity index (χ0) is 15.1. The van der Waals surface area contributed by atoms with Crippen LogP contribution in [0.5, 0.6) is 0 Å². The van der Waals surface area contributed by atoms with Crippen molar-refractivity contribution in [3.8, 4) is 0 Å². The van der Waals surface area contributed by atoms with E-state index >= 15 is 0 Å². The molecule has 1 saturated carbocycles. The maximum atomic E-state index is 10.7. The zero-order valence-corrected chi connectivity index (χ0v) is 13.5. The molecule has 1 aliphatic carbocycles. The first-order chi connectivity index (χ1) is 9.85. The molecule has 4 N–H and O–H groups in total. The molecule has 0 saturated heterocycles. The van der Waals surface area contributed by atoms with Crippen LogP contribution in [-0.4, -0.2) is 22.2 Å². The van der Waals surface area contributed by atoms with Crippen molar-refractivity contribution in [1.29, 1.82) is 0 Å². The lowest BCUT2D eigenvalue weighted by molar-refractivity contribution is -0.0145. The van der Waals surface area contributed by atoms with E-state index in [0.717, 1.165) is 46.7 Å². The molecule has 2 aromatic rings. The summed E-state index contributed by atoms with van der Waals surface area (Å²) < 4.78 is 1.08. The minimum Gasteiger partial charge on any atom is -0.399 e. The third-order valence-electron chi connectivity index (χ3n) is 4.52. The lowest BCUT2D eigenvalue weighted by atomic mass is 9.71. The molecule has 114 valence electrons. The van der Waals surface area contributed by atoms with Gasteiger partial charge in [-0.1, -0.05) is 25.2 Å². The normalized spacial score (nSPS) is 20.5. The molecule has 1 fully saturated rings. The van der Waals surface area contributed by atoms with Gasteiger partial charge in [-0.05, 0) is 49.3 Å². The topological polar surface area (TPSA) is 71.2 Å². The Kier molecular flexibility index (Phi) is 3.58. The second-order valence-corrected chi connectivity index (χ2v) is 8.02. The van der Waals surface area contributed by atoms with Gasteiger partial charge in [0.25, 0.3) is 0 Å². The maximum Gasteiger partial charge on any atom is 0.183 e. The summed E-state index contributed by atoms with van der Waals surface area (Å²) in [6.07, 6.45) is 3.85. The molecule has 1 aromatic carbocycles. The van der Waals surface area contributed by atoms with Crippen molar-refractivity contribution in [3.63, 3.8) is 0 Å². The summed E-state index contributed by atoms with van der Waals surface area (Å²) in [5, 5.41) is 14.8. The molecule has 0 atom stereocenters. The van der Waals surface area contributed by atoms with Gasteiger partial charge in [-0.25, -0.2) is 4.98 Å². The standard InChI is InChI=1S/C16H23N3OS/c1-15(2)5-7-16(20,8-6-15)10-18-14-19-12-4-3-11(17)9-13(12)21-14/h3-4,9,20H,5-8,10,17H2,1-2H3,(H,18,19). The third kappa shape index (κ3) is 3.30. The molecular formula is C16H23N3OS. The minimum atomic E-state index is -0.605. The fraction of sp³-hybridized carbons (Fsp3) is 0.562. The fourth-order valence-corrected chi connectivity index (χ4v) is 3.74. The highest BCUT2D eigenvalue weighted by molar-refractivity contribution is 7.22. The molecule has 0 spiro atoms. The van der Waals surface area contributed by atoms with Crippen LogP contribution >= 0.6 is 11.3 Å². The van der Waals surface area contributed by atoms with Crippen LogP contribution in [0.1, 0.15) is 39.5 Å².